The molecule has 3 aromatic heterocycles. The Balaban J connectivity index is 1.73. The second-order valence-electron chi connectivity index (χ2n) is 8.71. The Morgan fingerprint density at radius 3 is 2.62 bits per heavy atom. The van der Waals surface area contributed by atoms with Crippen molar-refractivity contribution in [2.45, 2.75) is 38.9 Å². The molecule has 4 aromatic rings. The lowest BCUT2D eigenvalue weighted by molar-refractivity contribution is 0.498. The summed E-state index contributed by atoms with van der Waals surface area (Å²) in [4.78, 5) is 37.7. The first-order valence-corrected chi connectivity index (χ1v) is 11.4. The van der Waals surface area contributed by atoms with Crippen molar-refractivity contribution in [1.29, 1.82) is 5.26 Å². The van der Waals surface area contributed by atoms with Crippen LogP contribution in [0.25, 0.3) is 22.1 Å². The highest BCUT2D eigenvalue weighted by Gasteiger charge is 2.29. The summed E-state index contributed by atoms with van der Waals surface area (Å²) in [6.45, 7) is 3.86. The van der Waals surface area contributed by atoms with Crippen LogP contribution in [0.5, 0.6) is 0 Å². The van der Waals surface area contributed by atoms with E-state index in [-0.39, 0.29) is 12.6 Å². The molecular formula is C24H26N8O2. The fraction of sp³-hybridized carbons (Fsp3) is 0.375. The minimum atomic E-state index is -0.469. The molecule has 0 bridgehead atoms. The molecule has 34 heavy (non-hydrogen) atoms. The van der Waals surface area contributed by atoms with E-state index in [1.54, 1.807) is 19.4 Å². The van der Waals surface area contributed by atoms with Crippen LogP contribution in [0.1, 0.15) is 30.9 Å². The average Bonchev–Trinajstić information content (AvgIpc) is 3.20. The minimum Gasteiger partial charge on any atom is -0.355 e. The Bertz CT molecular complexity index is 1570. The van der Waals surface area contributed by atoms with Crippen molar-refractivity contribution in [3.8, 4) is 6.07 Å². The Morgan fingerprint density at radius 2 is 1.91 bits per heavy atom. The molecule has 0 saturated carbocycles. The van der Waals surface area contributed by atoms with Crippen LogP contribution in [0.4, 0.5) is 5.82 Å². The van der Waals surface area contributed by atoms with E-state index in [9.17, 15) is 14.9 Å². The van der Waals surface area contributed by atoms with Gasteiger partial charge in [0.1, 0.15) is 23.0 Å². The average molecular weight is 459 g/mol. The molecule has 0 amide bonds. The third-order valence-electron chi connectivity index (χ3n) is 6.57. The summed E-state index contributed by atoms with van der Waals surface area (Å²) in [7, 11) is 1.61. The Hall–Kier alpha value is -3.97. The summed E-state index contributed by atoms with van der Waals surface area (Å²) < 4.78 is 4.49. The monoisotopic (exact) mass is 458 g/mol. The van der Waals surface area contributed by atoms with E-state index >= 15 is 0 Å². The second-order valence-corrected chi connectivity index (χ2v) is 8.71. The highest BCUT2D eigenvalue weighted by Crippen LogP contribution is 2.32. The highest BCUT2D eigenvalue weighted by atomic mass is 16.2. The van der Waals surface area contributed by atoms with Crippen LogP contribution in [-0.4, -0.2) is 42.8 Å². The maximum atomic E-state index is 13.7. The number of nitriles is 1. The van der Waals surface area contributed by atoms with Crippen molar-refractivity contribution in [2.24, 2.45) is 12.8 Å². The van der Waals surface area contributed by atoms with Gasteiger partial charge in [-0.2, -0.15) is 5.26 Å². The zero-order chi connectivity index (χ0) is 24.0. The number of hydrogen-bond acceptors (Lipinski definition) is 7. The standard InChI is InChI=1S/C24H26N8O2/c1-3-31-21-20(17(12-25)22(31)30-10-4-5-16(26)14-30)29(2)24(34)32(23(21)33)13-15-6-7-18-19(11-15)28-9-8-27-18/h6-9,11,16H,3-5,10,13-14,26H2,1-2H3/t16-/m1/s1. The Labute approximate surface area is 195 Å². The second kappa shape index (κ2) is 8.43. The van der Waals surface area contributed by atoms with Gasteiger partial charge in [-0.05, 0) is 37.5 Å². The fourth-order valence-electron chi connectivity index (χ4n) is 5.00. The van der Waals surface area contributed by atoms with Crippen molar-refractivity contribution in [3.63, 3.8) is 0 Å². The van der Waals surface area contributed by atoms with E-state index in [2.05, 4.69) is 20.9 Å². The molecule has 174 valence electrons. The number of fused-ring (bicyclic) bond motifs is 2. The minimum absolute atomic E-state index is 0.0000846. The molecule has 1 atom stereocenters. The highest BCUT2D eigenvalue weighted by molar-refractivity contribution is 5.90. The maximum Gasteiger partial charge on any atom is 0.331 e. The molecule has 0 unspecified atom stereocenters. The zero-order valence-corrected chi connectivity index (χ0v) is 19.2. The quantitative estimate of drug-likeness (QED) is 0.488. The number of rotatable bonds is 4. The van der Waals surface area contributed by atoms with Gasteiger partial charge in [0.15, 0.2) is 0 Å². The lowest BCUT2D eigenvalue weighted by atomic mass is 10.1. The van der Waals surface area contributed by atoms with Crippen LogP contribution in [0.2, 0.25) is 0 Å². The van der Waals surface area contributed by atoms with Gasteiger partial charge in [0, 0.05) is 45.1 Å². The van der Waals surface area contributed by atoms with E-state index in [0.29, 0.717) is 41.0 Å². The molecule has 0 spiro atoms. The van der Waals surface area contributed by atoms with Crippen molar-refractivity contribution in [2.75, 3.05) is 18.0 Å². The van der Waals surface area contributed by atoms with Crippen molar-refractivity contribution >= 4 is 27.9 Å². The van der Waals surface area contributed by atoms with Crippen LogP contribution in [0.3, 0.4) is 0 Å². The van der Waals surface area contributed by atoms with Crippen LogP contribution in [0.15, 0.2) is 40.2 Å². The van der Waals surface area contributed by atoms with Gasteiger partial charge in [-0.25, -0.2) is 4.79 Å². The lowest BCUT2D eigenvalue weighted by Crippen LogP contribution is -2.44. The van der Waals surface area contributed by atoms with E-state index in [4.69, 9.17) is 5.73 Å². The van der Waals surface area contributed by atoms with Gasteiger partial charge in [-0.3, -0.25) is 23.9 Å². The van der Waals surface area contributed by atoms with E-state index in [1.807, 2.05) is 29.7 Å². The molecule has 10 heteroatoms. The molecule has 10 nitrogen and oxygen atoms in total. The smallest absolute Gasteiger partial charge is 0.331 e. The first-order chi connectivity index (χ1) is 16.4. The lowest BCUT2D eigenvalue weighted by Gasteiger charge is -2.33. The van der Waals surface area contributed by atoms with Crippen LogP contribution >= 0.6 is 0 Å². The molecule has 1 aromatic carbocycles. The van der Waals surface area contributed by atoms with E-state index in [0.717, 1.165) is 30.5 Å². The first-order valence-electron chi connectivity index (χ1n) is 11.4. The van der Waals surface area contributed by atoms with Gasteiger partial charge >= 0.3 is 5.69 Å². The third kappa shape index (κ3) is 3.36. The molecular weight excluding hydrogens is 432 g/mol. The van der Waals surface area contributed by atoms with Crippen LogP contribution in [0, 0.1) is 11.3 Å². The third-order valence-corrected chi connectivity index (χ3v) is 6.57. The van der Waals surface area contributed by atoms with E-state index < -0.39 is 11.2 Å². The first kappa shape index (κ1) is 21.9. The SMILES string of the molecule is CCn1c(N2CCC[C@@H](N)C2)c(C#N)c2c1c(=O)n(Cc1ccc3nccnc3c1)c(=O)n2C. The molecule has 5 rings (SSSR count). The number of aromatic nitrogens is 5. The number of anilines is 1. The predicted octanol–water partition coefficient (Wildman–Crippen LogP) is 1.31. The molecule has 1 aliphatic heterocycles. The summed E-state index contributed by atoms with van der Waals surface area (Å²) >= 11 is 0. The Morgan fingerprint density at radius 1 is 1.15 bits per heavy atom. The van der Waals surface area contributed by atoms with Crippen LogP contribution in [-0.2, 0) is 20.1 Å². The normalized spacial score (nSPS) is 16.3. The molecule has 0 radical (unpaired) electrons. The number of benzene rings is 1. The van der Waals surface area contributed by atoms with Crippen molar-refractivity contribution in [3.05, 3.63) is 62.6 Å². The van der Waals surface area contributed by atoms with Crippen LogP contribution < -0.4 is 21.9 Å². The van der Waals surface area contributed by atoms with Gasteiger partial charge < -0.3 is 15.2 Å². The summed E-state index contributed by atoms with van der Waals surface area (Å²) in [6.07, 6.45) is 5.06. The molecule has 1 saturated heterocycles. The summed E-state index contributed by atoms with van der Waals surface area (Å²) in [5.41, 5.74) is 8.60. The number of aryl methyl sites for hydroxylation is 2. The summed E-state index contributed by atoms with van der Waals surface area (Å²) in [5, 5.41) is 10.1. The van der Waals surface area contributed by atoms with Crippen molar-refractivity contribution < 1.29 is 0 Å². The fourth-order valence-corrected chi connectivity index (χ4v) is 5.00. The topological polar surface area (TPSA) is 128 Å². The Kier molecular flexibility index (Phi) is 5.42. The van der Waals surface area contributed by atoms with E-state index in [1.165, 1.54) is 9.13 Å². The summed E-state index contributed by atoms with van der Waals surface area (Å²) in [5.74, 6) is 0.668. The zero-order valence-electron chi connectivity index (χ0n) is 19.2. The van der Waals surface area contributed by atoms with Crippen molar-refractivity contribution in [1.82, 2.24) is 23.7 Å². The largest absolute Gasteiger partial charge is 0.355 e. The molecule has 1 fully saturated rings. The molecule has 2 N–H and O–H groups in total. The molecule has 1 aliphatic rings. The predicted molar refractivity (Wildman–Crippen MR) is 130 cm³/mol. The van der Waals surface area contributed by atoms with Gasteiger partial charge in [0.2, 0.25) is 0 Å². The van der Waals surface area contributed by atoms with Gasteiger partial charge in [-0.15, -0.1) is 0 Å². The molecule has 0 aliphatic carbocycles. The summed E-state index contributed by atoms with van der Waals surface area (Å²) in [6, 6.07) is 7.76. The molecule has 4 heterocycles. The number of nitrogens with two attached hydrogens (primary N) is 1. The maximum absolute atomic E-state index is 13.7. The van der Waals surface area contributed by atoms with Gasteiger partial charge in [-0.1, -0.05) is 6.07 Å². The number of piperidine rings is 1. The van der Waals surface area contributed by atoms with Gasteiger partial charge in [0.25, 0.3) is 5.56 Å². The number of hydrogen-bond donors (Lipinski definition) is 1. The van der Waals surface area contributed by atoms with Gasteiger partial charge in [0.05, 0.1) is 23.1 Å². The number of nitrogens with zero attached hydrogens (tertiary/aromatic N) is 7.